The quantitative estimate of drug-likeness (QED) is 0.0921. The average Bonchev–Trinajstić information content (AvgIpc) is 2.87. The van der Waals surface area contributed by atoms with Crippen molar-refractivity contribution in [2.75, 3.05) is 12.4 Å². The van der Waals surface area contributed by atoms with Crippen molar-refractivity contribution in [3.8, 4) is 11.3 Å². The maximum Gasteiger partial charge on any atom is 0.351 e. The van der Waals surface area contributed by atoms with Gasteiger partial charge in [-0.1, -0.05) is 59.6 Å². The topological polar surface area (TPSA) is 69.4 Å². The molecule has 3 aromatic carbocycles. The van der Waals surface area contributed by atoms with Gasteiger partial charge in [-0.3, -0.25) is 0 Å². The highest BCUT2D eigenvalue weighted by Gasteiger charge is 2.15. The molecule has 2 aromatic heterocycles. The molecule has 0 saturated heterocycles. The smallest absolute Gasteiger partial charge is 0.351 e. The Hall–Kier alpha value is -3.32. The van der Waals surface area contributed by atoms with Gasteiger partial charge in [0.15, 0.2) is 0 Å². The molecule has 0 amide bonds. The van der Waals surface area contributed by atoms with Crippen molar-refractivity contribution in [3.05, 3.63) is 105 Å². The van der Waals surface area contributed by atoms with E-state index in [0.29, 0.717) is 33.2 Å². The van der Waals surface area contributed by atoms with Gasteiger partial charge in [-0.25, -0.2) is 14.6 Å². The zero-order valence-electron chi connectivity index (χ0n) is 18.9. The van der Waals surface area contributed by atoms with Crippen molar-refractivity contribution in [2.45, 2.75) is 11.3 Å². The molecule has 5 rings (SSSR count). The highest BCUT2D eigenvalue weighted by Crippen LogP contribution is 2.33. The number of nitrogens with zero attached hydrogens (tertiary/aromatic N) is 1. The zero-order chi connectivity index (χ0) is 25.1. The number of carbonyl (C=O) groups is 1. The van der Waals surface area contributed by atoms with Crippen LogP contribution in [0.5, 0.6) is 0 Å². The fourth-order valence-corrected chi connectivity index (χ4v) is 5.33. The van der Waals surface area contributed by atoms with Gasteiger partial charge in [0.1, 0.15) is 11.1 Å². The third-order valence-electron chi connectivity index (χ3n) is 5.48. The van der Waals surface area contributed by atoms with Crippen molar-refractivity contribution in [1.82, 2.24) is 4.98 Å². The minimum atomic E-state index is -0.704. The Bertz CT molecular complexity index is 1630. The molecule has 0 N–H and O–H groups in total. The molecule has 0 radical (unpaired) electrons. The fraction of sp³-hybridized carbons (Fsp3) is 0.107. The third kappa shape index (κ3) is 5.41. The summed E-state index contributed by atoms with van der Waals surface area (Å²) in [6.07, 6.45) is 0.601. The second kappa shape index (κ2) is 10.7. The lowest BCUT2D eigenvalue weighted by Crippen LogP contribution is -2.17. The number of pyridine rings is 1. The molecule has 0 aliphatic carbocycles. The van der Waals surface area contributed by atoms with Crippen LogP contribution in [0.3, 0.4) is 0 Å². The summed E-state index contributed by atoms with van der Waals surface area (Å²) < 4.78 is 10.6. The molecule has 0 aliphatic heterocycles. The number of rotatable bonds is 7. The van der Waals surface area contributed by atoms with Gasteiger partial charge in [-0.05, 0) is 48.9 Å². The summed E-state index contributed by atoms with van der Waals surface area (Å²) in [7, 11) is 0. The number of benzene rings is 3. The highest BCUT2D eigenvalue weighted by atomic mass is 35.5. The van der Waals surface area contributed by atoms with Crippen LogP contribution in [-0.2, 0) is 4.74 Å². The van der Waals surface area contributed by atoms with E-state index >= 15 is 0 Å². The number of hydrogen-bond acceptors (Lipinski definition) is 6. The fourth-order valence-electron chi connectivity index (χ4n) is 3.80. The number of aromatic nitrogens is 1. The van der Waals surface area contributed by atoms with Crippen molar-refractivity contribution in [3.63, 3.8) is 0 Å². The highest BCUT2D eigenvalue weighted by molar-refractivity contribution is 7.99. The molecule has 36 heavy (non-hydrogen) atoms. The predicted molar refractivity (Wildman–Crippen MR) is 145 cm³/mol. The van der Waals surface area contributed by atoms with E-state index in [-0.39, 0.29) is 12.2 Å². The van der Waals surface area contributed by atoms with Crippen LogP contribution < -0.4 is 5.63 Å². The lowest BCUT2D eigenvalue weighted by atomic mass is 10.1. The molecular formula is C28H19Cl2NO4S. The van der Waals surface area contributed by atoms with Crippen molar-refractivity contribution < 1.29 is 13.9 Å². The largest absolute Gasteiger partial charge is 0.462 e. The Morgan fingerprint density at radius 1 is 0.944 bits per heavy atom. The standard InChI is InChI=1S/C28H19Cl2NO4S/c29-19-12-18(13-20(30)15-19)24-16-26(21-7-2-3-8-23(21)31-24)36-11-5-10-34-27(32)22-14-17-6-1-4-9-25(17)35-28(22)33/h1-4,6-9,12-16H,5,10-11H2. The lowest BCUT2D eigenvalue weighted by Gasteiger charge is -2.11. The van der Waals surface area contributed by atoms with Crippen LogP contribution in [0.25, 0.3) is 33.1 Å². The predicted octanol–water partition coefficient (Wildman–Crippen LogP) is 7.65. The summed E-state index contributed by atoms with van der Waals surface area (Å²) >= 11 is 14.0. The van der Waals surface area contributed by atoms with E-state index in [1.54, 1.807) is 36.0 Å². The maximum absolute atomic E-state index is 12.5. The van der Waals surface area contributed by atoms with Crippen LogP contribution in [0.15, 0.2) is 93.0 Å². The first-order valence-electron chi connectivity index (χ1n) is 11.2. The zero-order valence-corrected chi connectivity index (χ0v) is 21.2. The van der Waals surface area contributed by atoms with E-state index in [9.17, 15) is 9.59 Å². The van der Waals surface area contributed by atoms with Gasteiger partial charge in [0, 0.05) is 37.0 Å². The van der Waals surface area contributed by atoms with E-state index in [0.717, 1.165) is 27.1 Å². The van der Waals surface area contributed by atoms with E-state index in [4.69, 9.17) is 37.3 Å². The number of carbonyl (C=O) groups excluding carboxylic acids is 1. The van der Waals surface area contributed by atoms with Crippen LogP contribution in [0.1, 0.15) is 16.8 Å². The van der Waals surface area contributed by atoms with Crippen molar-refractivity contribution in [2.24, 2.45) is 0 Å². The van der Waals surface area contributed by atoms with Gasteiger partial charge in [0.2, 0.25) is 0 Å². The number of halogens is 2. The summed E-state index contributed by atoms with van der Waals surface area (Å²) in [6.45, 7) is 0.178. The van der Waals surface area contributed by atoms with Crippen molar-refractivity contribution in [1.29, 1.82) is 0 Å². The molecule has 0 spiro atoms. The summed E-state index contributed by atoms with van der Waals surface area (Å²) in [5, 5.41) is 2.79. The van der Waals surface area contributed by atoms with Crippen LogP contribution in [-0.4, -0.2) is 23.3 Å². The number of fused-ring (bicyclic) bond motifs is 2. The van der Waals surface area contributed by atoms with Gasteiger partial charge < -0.3 is 9.15 Å². The Morgan fingerprint density at radius 2 is 1.69 bits per heavy atom. The second-order valence-corrected chi connectivity index (χ2v) is 10.0. The number of ether oxygens (including phenoxy) is 1. The van der Waals surface area contributed by atoms with Gasteiger partial charge in [0.25, 0.3) is 0 Å². The van der Waals surface area contributed by atoms with Gasteiger partial charge in [0.05, 0.1) is 17.8 Å². The molecule has 8 heteroatoms. The summed E-state index contributed by atoms with van der Waals surface area (Å²) in [5.41, 5.74) is 2.09. The minimum Gasteiger partial charge on any atom is -0.462 e. The van der Waals surface area contributed by atoms with E-state index < -0.39 is 11.6 Å². The molecule has 0 atom stereocenters. The molecule has 2 heterocycles. The average molecular weight is 536 g/mol. The molecule has 0 saturated carbocycles. The molecular weight excluding hydrogens is 517 g/mol. The second-order valence-electron chi connectivity index (χ2n) is 8.00. The SMILES string of the molecule is O=C(OCCCSc1cc(-c2cc(Cl)cc(Cl)c2)nc2ccccc12)c1cc2ccccc2oc1=O. The Kier molecular flexibility index (Phi) is 7.28. The summed E-state index contributed by atoms with van der Waals surface area (Å²) in [4.78, 5) is 30.5. The molecule has 180 valence electrons. The lowest BCUT2D eigenvalue weighted by molar-refractivity contribution is 0.0501. The molecule has 0 bridgehead atoms. The number of para-hydroxylation sites is 2. The van der Waals surface area contributed by atoms with Crippen LogP contribution in [0.2, 0.25) is 10.0 Å². The maximum atomic E-state index is 12.5. The third-order valence-corrected chi connectivity index (χ3v) is 7.06. The Labute approximate surface area is 221 Å². The van der Waals surface area contributed by atoms with Gasteiger partial charge in [-0.15, -0.1) is 11.8 Å². The first-order chi connectivity index (χ1) is 17.5. The van der Waals surface area contributed by atoms with Crippen LogP contribution in [0, 0.1) is 0 Å². The normalized spacial score (nSPS) is 11.2. The summed E-state index contributed by atoms with van der Waals surface area (Å²) in [6, 6.07) is 23.8. The number of hydrogen-bond donors (Lipinski definition) is 0. The van der Waals surface area contributed by atoms with Crippen LogP contribution in [0.4, 0.5) is 0 Å². The van der Waals surface area contributed by atoms with Crippen LogP contribution >= 0.6 is 35.0 Å². The van der Waals surface area contributed by atoms with Crippen molar-refractivity contribution >= 4 is 62.8 Å². The first-order valence-corrected chi connectivity index (χ1v) is 12.9. The Morgan fingerprint density at radius 3 is 2.53 bits per heavy atom. The first kappa shape index (κ1) is 24.4. The number of esters is 1. The molecule has 0 aliphatic rings. The monoisotopic (exact) mass is 535 g/mol. The van der Waals surface area contributed by atoms with Gasteiger partial charge >= 0.3 is 11.6 Å². The van der Waals surface area contributed by atoms with E-state index in [2.05, 4.69) is 0 Å². The minimum absolute atomic E-state index is 0.105. The van der Waals surface area contributed by atoms with E-state index in [1.165, 1.54) is 6.07 Å². The Balaban J connectivity index is 1.27. The van der Waals surface area contributed by atoms with E-state index in [1.807, 2.05) is 48.5 Å². The number of thioether (sulfide) groups is 1. The van der Waals surface area contributed by atoms with Gasteiger partial charge in [-0.2, -0.15) is 0 Å². The molecule has 0 unspecified atom stereocenters. The molecule has 0 fully saturated rings. The molecule has 5 aromatic rings. The molecule has 5 nitrogen and oxygen atoms in total. The summed E-state index contributed by atoms with van der Waals surface area (Å²) in [5.74, 6) is 0.0117.